The summed E-state index contributed by atoms with van der Waals surface area (Å²) in [6.45, 7) is 2.26. The van der Waals surface area contributed by atoms with Gasteiger partial charge in [-0.3, -0.25) is 5.84 Å². The molecule has 1 aliphatic rings. The van der Waals surface area contributed by atoms with Crippen molar-refractivity contribution >= 4 is 0 Å². The van der Waals surface area contributed by atoms with E-state index in [0.29, 0.717) is 5.41 Å². The predicted octanol–water partition coefficient (Wildman–Crippen LogP) is 1.89. The smallest absolute Gasteiger partial charge is 0.127 e. The van der Waals surface area contributed by atoms with Crippen molar-refractivity contribution in [2.24, 2.45) is 18.3 Å². The van der Waals surface area contributed by atoms with E-state index in [0.717, 1.165) is 12.2 Å². The molecule has 0 aromatic carbocycles. The average molecular weight is 222 g/mol. The third-order valence-corrected chi connectivity index (χ3v) is 4.20. The highest BCUT2D eigenvalue weighted by atomic mass is 15.3. The number of hydrogen-bond acceptors (Lipinski definition) is 3. The van der Waals surface area contributed by atoms with E-state index in [-0.39, 0.29) is 6.04 Å². The first-order valence-corrected chi connectivity index (χ1v) is 6.17. The number of nitrogens with zero attached hydrogens (tertiary/aromatic N) is 2. The van der Waals surface area contributed by atoms with E-state index in [1.54, 1.807) is 0 Å². The second-order valence-corrected chi connectivity index (χ2v) is 4.92. The van der Waals surface area contributed by atoms with Crippen LogP contribution >= 0.6 is 0 Å². The molecule has 3 N–H and O–H groups in total. The Morgan fingerprint density at radius 1 is 1.56 bits per heavy atom. The molecule has 0 saturated heterocycles. The Hall–Kier alpha value is -0.870. The van der Waals surface area contributed by atoms with Gasteiger partial charge in [0.15, 0.2) is 0 Å². The Kier molecular flexibility index (Phi) is 3.30. The average Bonchev–Trinajstić information content (AvgIpc) is 2.91. The first-order valence-electron chi connectivity index (χ1n) is 6.17. The van der Waals surface area contributed by atoms with Crippen LogP contribution in [0, 0.1) is 5.41 Å². The first-order chi connectivity index (χ1) is 7.73. The first kappa shape index (κ1) is 11.6. The highest BCUT2D eigenvalue weighted by Gasteiger charge is 2.41. The minimum Gasteiger partial charge on any atom is -0.337 e. The summed E-state index contributed by atoms with van der Waals surface area (Å²) < 4.78 is 2.07. The van der Waals surface area contributed by atoms with Crippen LogP contribution in [0.4, 0.5) is 0 Å². The number of nitrogens with one attached hydrogen (secondary N) is 1. The Morgan fingerprint density at radius 3 is 2.69 bits per heavy atom. The Balaban J connectivity index is 2.31. The Bertz CT molecular complexity index is 339. The number of nitrogens with two attached hydrogens (primary N) is 1. The fourth-order valence-electron chi connectivity index (χ4n) is 3.11. The van der Waals surface area contributed by atoms with Gasteiger partial charge in [-0.25, -0.2) is 10.4 Å². The summed E-state index contributed by atoms with van der Waals surface area (Å²) in [4.78, 5) is 4.44. The summed E-state index contributed by atoms with van der Waals surface area (Å²) >= 11 is 0. The lowest BCUT2D eigenvalue weighted by Crippen LogP contribution is -2.41. The van der Waals surface area contributed by atoms with E-state index in [4.69, 9.17) is 5.84 Å². The topological polar surface area (TPSA) is 55.9 Å². The van der Waals surface area contributed by atoms with Crippen molar-refractivity contribution in [1.29, 1.82) is 0 Å². The monoisotopic (exact) mass is 222 g/mol. The maximum Gasteiger partial charge on any atom is 0.127 e. The highest BCUT2D eigenvalue weighted by Crippen LogP contribution is 2.49. The minimum atomic E-state index is 0.181. The second kappa shape index (κ2) is 4.55. The zero-order valence-electron chi connectivity index (χ0n) is 10.2. The van der Waals surface area contributed by atoms with E-state index in [1.807, 2.05) is 19.4 Å². The number of aryl methyl sites for hydroxylation is 1. The molecule has 16 heavy (non-hydrogen) atoms. The normalized spacial score (nSPS) is 21.2. The molecule has 1 aliphatic carbocycles. The van der Waals surface area contributed by atoms with Crippen molar-refractivity contribution in [2.75, 3.05) is 0 Å². The maximum absolute atomic E-state index is 5.77. The molecule has 1 fully saturated rings. The lowest BCUT2D eigenvalue weighted by Gasteiger charge is -2.35. The van der Waals surface area contributed by atoms with Crippen molar-refractivity contribution in [1.82, 2.24) is 15.0 Å². The van der Waals surface area contributed by atoms with E-state index >= 15 is 0 Å². The maximum atomic E-state index is 5.77. The van der Waals surface area contributed by atoms with Crippen LogP contribution in [0.15, 0.2) is 12.4 Å². The van der Waals surface area contributed by atoms with Crippen LogP contribution < -0.4 is 11.3 Å². The zero-order valence-corrected chi connectivity index (χ0v) is 10.2. The van der Waals surface area contributed by atoms with Crippen molar-refractivity contribution in [3.63, 3.8) is 0 Å². The van der Waals surface area contributed by atoms with Gasteiger partial charge in [0.2, 0.25) is 0 Å². The molecule has 90 valence electrons. The molecule has 2 rings (SSSR count). The number of imidazole rings is 1. The Morgan fingerprint density at radius 2 is 2.25 bits per heavy atom. The van der Waals surface area contributed by atoms with Gasteiger partial charge in [-0.2, -0.15) is 0 Å². The summed E-state index contributed by atoms with van der Waals surface area (Å²) in [5, 5.41) is 0. The highest BCUT2D eigenvalue weighted by molar-refractivity contribution is 5.07. The van der Waals surface area contributed by atoms with E-state index in [2.05, 4.69) is 21.9 Å². The van der Waals surface area contributed by atoms with Gasteiger partial charge in [-0.15, -0.1) is 0 Å². The summed E-state index contributed by atoms with van der Waals surface area (Å²) in [5.74, 6) is 6.83. The van der Waals surface area contributed by atoms with Gasteiger partial charge >= 0.3 is 0 Å². The lowest BCUT2D eigenvalue weighted by atomic mass is 9.76. The van der Waals surface area contributed by atoms with Crippen LogP contribution in [0.2, 0.25) is 0 Å². The quantitative estimate of drug-likeness (QED) is 0.604. The fraction of sp³-hybridized carbons (Fsp3) is 0.750. The third-order valence-electron chi connectivity index (χ3n) is 4.20. The molecular weight excluding hydrogens is 200 g/mol. The van der Waals surface area contributed by atoms with Crippen molar-refractivity contribution < 1.29 is 0 Å². The summed E-state index contributed by atoms with van der Waals surface area (Å²) in [5.41, 5.74) is 3.30. The molecule has 1 heterocycles. The largest absolute Gasteiger partial charge is 0.337 e. The van der Waals surface area contributed by atoms with Crippen molar-refractivity contribution in [3.8, 4) is 0 Å². The van der Waals surface area contributed by atoms with Gasteiger partial charge < -0.3 is 4.57 Å². The molecule has 1 aromatic rings. The van der Waals surface area contributed by atoms with Gasteiger partial charge in [-0.05, 0) is 24.7 Å². The van der Waals surface area contributed by atoms with Gasteiger partial charge in [0.1, 0.15) is 5.82 Å². The van der Waals surface area contributed by atoms with Crippen LogP contribution in [-0.4, -0.2) is 9.55 Å². The number of hydrazine groups is 1. The van der Waals surface area contributed by atoms with Crippen LogP contribution in [0.3, 0.4) is 0 Å². The van der Waals surface area contributed by atoms with Crippen LogP contribution in [0.25, 0.3) is 0 Å². The summed E-state index contributed by atoms with van der Waals surface area (Å²) in [6, 6.07) is 0.181. The van der Waals surface area contributed by atoms with Gasteiger partial charge in [0.25, 0.3) is 0 Å². The van der Waals surface area contributed by atoms with E-state index < -0.39 is 0 Å². The van der Waals surface area contributed by atoms with E-state index in [1.165, 1.54) is 25.7 Å². The van der Waals surface area contributed by atoms with Gasteiger partial charge in [0, 0.05) is 19.4 Å². The molecule has 4 nitrogen and oxygen atoms in total. The minimum absolute atomic E-state index is 0.181. The number of aromatic nitrogens is 2. The molecule has 4 heteroatoms. The van der Waals surface area contributed by atoms with E-state index in [9.17, 15) is 0 Å². The zero-order chi connectivity index (χ0) is 11.6. The number of hydrogen-bond donors (Lipinski definition) is 2. The van der Waals surface area contributed by atoms with Crippen molar-refractivity contribution in [2.45, 2.75) is 45.1 Å². The molecule has 0 radical (unpaired) electrons. The van der Waals surface area contributed by atoms with Gasteiger partial charge in [-0.1, -0.05) is 19.8 Å². The SMILES string of the molecule is CCC1(C(NN)c2nccn2C)CCCC1. The third kappa shape index (κ3) is 1.76. The molecule has 0 bridgehead atoms. The fourth-order valence-corrected chi connectivity index (χ4v) is 3.11. The lowest BCUT2D eigenvalue weighted by molar-refractivity contribution is 0.178. The van der Waals surface area contributed by atoms with Crippen LogP contribution in [0.1, 0.15) is 50.9 Å². The van der Waals surface area contributed by atoms with Crippen LogP contribution in [0.5, 0.6) is 0 Å². The molecule has 1 aromatic heterocycles. The standard InChI is InChI=1S/C12H22N4/c1-3-12(6-4-5-7-12)10(15-13)11-14-8-9-16(11)2/h8-10,15H,3-7,13H2,1-2H3. The second-order valence-electron chi connectivity index (χ2n) is 4.92. The molecular formula is C12H22N4. The molecule has 0 spiro atoms. The molecule has 1 saturated carbocycles. The van der Waals surface area contributed by atoms with Gasteiger partial charge in [0.05, 0.1) is 6.04 Å². The van der Waals surface area contributed by atoms with Crippen molar-refractivity contribution in [3.05, 3.63) is 18.2 Å². The summed E-state index contributed by atoms with van der Waals surface area (Å²) in [7, 11) is 2.03. The summed E-state index contributed by atoms with van der Waals surface area (Å²) in [6.07, 6.45) is 10.1. The molecule has 1 unspecified atom stereocenters. The molecule has 0 aliphatic heterocycles. The Labute approximate surface area is 97.2 Å². The molecule has 1 atom stereocenters. The van der Waals surface area contributed by atoms with Crippen LogP contribution in [-0.2, 0) is 7.05 Å². The number of rotatable bonds is 4. The molecule has 0 amide bonds. The predicted molar refractivity (Wildman–Crippen MR) is 64.5 cm³/mol.